The molecule has 2 rings (SSSR count). The van der Waals surface area contributed by atoms with Crippen LogP contribution in [0, 0.1) is 6.92 Å². The number of hydrogen-bond acceptors (Lipinski definition) is 5. The Kier molecular flexibility index (Phi) is 3.45. The van der Waals surface area contributed by atoms with E-state index in [0.29, 0.717) is 0 Å². The lowest BCUT2D eigenvalue weighted by Crippen LogP contribution is -2.40. The lowest BCUT2D eigenvalue weighted by atomic mass is 10.2. The molecule has 0 spiro atoms. The Bertz CT molecular complexity index is 565. The molecule has 6 nitrogen and oxygen atoms in total. The normalized spacial score (nSPS) is 25.4. The molecule has 1 aliphatic rings. The largest absolute Gasteiger partial charge is 0.480 e. The SMILES string of the molecule is Cc1ccc(S(=O)(=O)N2CC(O)CC2C(=O)O)s1. The zero-order chi connectivity index (χ0) is 13.5. The summed E-state index contributed by atoms with van der Waals surface area (Å²) in [4.78, 5) is 11.9. The van der Waals surface area contributed by atoms with Crippen LogP contribution in [0.5, 0.6) is 0 Å². The van der Waals surface area contributed by atoms with Crippen LogP contribution in [-0.4, -0.2) is 47.6 Å². The van der Waals surface area contributed by atoms with Crippen LogP contribution in [0.15, 0.2) is 16.3 Å². The molecule has 2 N–H and O–H groups in total. The second-order valence-corrected chi connectivity index (χ2v) is 7.59. The van der Waals surface area contributed by atoms with E-state index >= 15 is 0 Å². The molecule has 0 saturated carbocycles. The first-order valence-electron chi connectivity index (χ1n) is 5.31. The van der Waals surface area contributed by atoms with Crippen LogP contribution in [0.3, 0.4) is 0 Å². The summed E-state index contributed by atoms with van der Waals surface area (Å²) in [7, 11) is -3.83. The third-order valence-corrected chi connectivity index (χ3v) is 6.14. The molecule has 1 saturated heterocycles. The highest BCUT2D eigenvalue weighted by Gasteiger charge is 2.43. The van der Waals surface area contributed by atoms with Crippen molar-refractivity contribution in [3.05, 3.63) is 17.0 Å². The fourth-order valence-corrected chi connectivity index (χ4v) is 4.98. The van der Waals surface area contributed by atoms with Gasteiger partial charge in [0.05, 0.1) is 6.10 Å². The Hall–Kier alpha value is -0.960. The van der Waals surface area contributed by atoms with Crippen LogP contribution < -0.4 is 0 Å². The van der Waals surface area contributed by atoms with E-state index in [-0.39, 0.29) is 17.2 Å². The number of aliphatic hydroxyl groups is 1. The molecule has 1 aromatic rings. The molecular formula is C10H13NO5S2. The van der Waals surface area contributed by atoms with Gasteiger partial charge in [-0.25, -0.2) is 8.42 Å². The Morgan fingerprint density at radius 2 is 2.17 bits per heavy atom. The number of β-amino-alcohol motifs (C(OH)–C–C–N with tert-alkyl or cyclic N) is 1. The van der Waals surface area contributed by atoms with Crippen molar-refractivity contribution >= 4 is 27.3 Å². The number of rotatable bonds is 3. The minimum Gasteiger partial charge on any atom is -0.480 e. The standard InChI is InChI=1S/C10H13NO5S2/c1-6-2-3-9(17-6)18(15,16)11-5-7(12)4-8(11)10(13)14/h2-3,7-8,12H,4-5H2,1H3,(H,13,14). The zero-order valence-corrected chi connectivity index (χ0v) is 11.2. The van der Waals surface area contributed by atoms with E-state index < -0.39 is 28.1 Å². The minimum atomic E-state index is -3.83. The third-order valence-electron chi connectivity index (χ3n) is 2.80. The number of aliphatic carboxylic acids is 1. The van der Waals surface area contributed by atoms with E-state index in [2.05, 4.69) is 0 Å². The van der Waals surface area contributed by atoms with Gasteiger partial charge < -0.3 is 10.2 Å². The van der Waals surface area contributed by atoms with Crippen LogP contribution in [0.4, 0.5) is 0 Å². The Morgan fingerprint density at radius 3 is 2.67 bits per heavy atom. The quantitative estimate of drug-likeness (QED) is 0.833. The van der Waals surface area contributed by atoms with Gasteiger partial charge in [0.2, 0.25) is 0 Å². The summed E-state index contributed by atoms with van der Waals surface area (Å²) in [5, 5.41) is 18.5. The molecule has 0 bridgehead atoms. The second kappa shape index (κ2) is 4.61. The Labute approximate surface area is 109 Å². The number of nitrogens with zero attached hydrogens (tertiary/aromatic N) is 1. The van der Waals surface area contributed by atoms with Crippen molar-refractivity contribution in [2.75, 3.05) is 6.54 Å². The van der Waals surface area contributed by atoms with Gasteiger partial charge in [-0.1, -0.05) is 0 Å². The number of aliphatic hydroxyl groups excluding tert-OH is 1. The highest BCUT2D eigenvalue weighted by atomic mass is 32.2. The average molecular weight is 291 g/mol. The third kappa shape index (κ3) is 2.28. The molecule has 1 aliphatic heterocycles. The minimum absolute atomic E-state index is 0.0705. The van der Waals surface area contributed by atoms with Crippen molar-refractivity contribution < 1.29 is 23.4 Å². The molecule has 8 heteroatoms. The summed E-state index contributed by atoms with van der Waals surface area (Å²) in [5.74, 6) is -1.23. The molecule has 1 aromatic heterocycles. The molecule has 18 heavy (non-hydrogen) atoms. The molecule has 0 aliphatic carbocycles. The monoisotopic (exact) mass is 291 g/mol. The maximum absolute atomic E-state index is 12.3. The molecule has 0 radical (unpaired) electrons. The van der Waals surface area contributed by atoms with Gasteiger partial charge in [0.25, 0.3) is 10.0 Å². The van der Waals surface area contributed by atoms with Gasteiger partial charge in [-0.2, -0.15) is 4.31 Å². The molecule has 1 fully saturated rings. The Balaban J connectivity index is 2.38. The number of carboxylic acid groups (broad SMARTS) is 1. The number of sulfonamides is 1. The van der Waals surface area contributed by atoms with Crippen molar-refractivity contribution in [2.24, 2.45) is 0 Å². The van der Waals surface area contributed by atoms with Crippen LogP contribution in [0.25, 0.3) is 0 Å². The number of aryl methyl sites for hydroxylation is 1. The summed E-state index contributed by atoms with van der Waals surface area (Å²) >= 11 is 1.09. The van der Waals surface area contributed by atoms with Gasteiger partial charge in [-0.05, 0) is 19.1 Å². The number of carboxylic acids is 1. The Morgan fingerprint density at radius 1 is 1.50 bits per heavy atom. The summed E-state index contributed by atoms with van der Waals surface area (Å²) in [6.07, 6.45) is -0.999. The van der Waals surface area contributed by atoms with Crippen molar-refractivity contribution in [1.29, 1.82) is 0 Å². The predicted molar refractivity (Wildman–Crippen MR) is 65.0 cm³/mol. The first-order chi connectivity index (χ1) is 8.32. The van der Waals surface area contributed by atoms with Crippen molar-refractivity contribution in [1.82, 2.24) is 4.31 Å². The summed E-state index contributed by atoms with van der Waals surface area (Å²) < 4.78 is 25.5. The van der Waals surface area contributed by atoms with Gasteiger partial charge in [0.1, 0.15) is 10.3 Å². The van der Waals surface area contributed by atoms with Crippen LogP contribution >= 0.6 is 11.3 Å². The van der Waals surface area contributed by atoms with Gasteiger partial charge in [-0.3, -0.25) is 4.79 Å². The van der Waals surface area contributed by atoms with Crippen LogP contribution in [0.2, 0.25) is 0 Å². The van der Waals surface area contributed by atoms with Gasteiger partial charge in [-0.15, -0.1) is 11.3 Å². The van der Waals surface area contributed by atoms with Gasteiger partial charge >= 0.3 is 5.97 Å². The molecule has 100 valence electrons. The van der Waals surface area contributed by atoms with E-state index in [0.717, 1.165) is 20.5 Å². The van der Waals surface area contributed by atoms with Crippen LogP contribution in [-0.2, 0) is 14.8 Å². The van der Waals surface area contributed by atoms with Crippen molar-refractivity contribution in [3.8, 4) is 0 Å². The van der Waals surface area contributed by atoms with Gasteiger partial charge in [0.15, 0.2) is 0 Å². The predicted octanol–water partition coefficient (Wildman–Crippen LogP) is 0.265. The van der Waals surface area contributed by atoms with Crippen molar-refractivity contribution in [2.45, 2.75) is 29.7 Å². The van der Waals surface area contributed by atoms with E-state index in [1.807, 2.05) is 0 Å². The first-order valence-corrected chi connectivity index (χ1v) is 7.57. The number of thiophene rings is 1. The second-order valence-electron chi connectivity index (χ2n) is 4.18. The smallest absolute Gasteiger partial charge is 0.322 e. The lowest BCUT2D eigenvalue weighted by Gasteiger charge is -2.19. The van der Waals surface area contributed by atoms with E-state index in [4.69, 9.17) is 5.11 Å². The lowest BCUT2D eigenvalue weighted by molar-refractivity contribution is -0.140. The fraction of sp³-hybridized carbons (Fsp3) is 0.500. The maximum Gasteiger partial charge on any atom is 0.322 e. The number of hydrogen-bond donors (Lipinski definition) is 2. The van der Waals surface area contributed by atoms with E-state index in [1.54, 1.807) is 13.0 Å². The zero-order valence-electron chi connectivity index (χ0n) is 9.61. The molecule has 0 aromatic carbocycles. The topological polar surface area (TPSA) is 94.9 Å². The first kappa shape index (κ1) is 13.5. The highest BCUT2D eigenvalue weighted by molar-refractivity contribution is 7.91. The highest BCUT2D eigenvalue weighted by Crippen LogP contribution is 2.30. The molecule has 0 amide bonds. The average Bonchev–Trinajstić information content (AvgIpc) is 2.84. The maximum atomic E-state index is 12.3. The summed E-state index contributed by atoms with van der Waals surface area (Å²) in [6.45, 7) is 1.60. The number of carbonyl (C=O) groups is 1. The molecule has 2 heterocycles. The fourth-order valence-electron chi connectivity index (χ4n) is 1.94. The van der Waals surface area contributed by atoms with Crippen molar-refractivity contribution in [3.63, 3.8) is 0 Å². The van der Waals surface area contributed by atoms with E-state index in [1.165, 1.54) is 6.07 Å². The molecule has 2 unspecified atom stereocenters. The summed E-state index contributed by atoms with van der Waals surface area (Å²) in [5.41, 5.74) is 0. The van der Waals surface area contributed by atoms with Crippen LogP contribution in [0.1, 0.15) is 11.3 Å². The van der Waals surface area contributed by atoms with E-state index in [9.17, 15) is 18.3 Å². The summed E-state index contributed by atoms with van der Waals surface area (Å²) in [6, 6.07) is 1.94. The van der Waals surface area contributed by atoms with Gasteiger partial charge in [0, 0.05) is 17.8 Å². The molecular weight excluding hydrogens is 278 g/mol. The molecule has 2 atom stereocenters.